The van der Waals surface area contributed by atoms with Gasteiger partial charge in [0.05, 0.1) is 5.75 Å². The van der Waals surface area contributed by atoms with Crippen molar-refractivity contribution >= 4 is 40.6 Å². The Hall–Kier alpha value is -2.78. The first-order chi connectivity index (χ1) is 13.5. The number of anilines is 1. The van der Waals surface area contributed by atoms with E-state index in [-0.39, 0.29) is 22.5 Å². The molecule has 0 saturated carbocycles. The summed E-state index contributed by atoms with van der Waals surface area (Å²) < 4.78 is 13.4. The molecular weight excluding hydrogens is 399 g/mol. The Labute approximate surface area is 169 Å². The maximum absolute atomic E-state index is 12.9. The van der Waals surface area contributed by atoms with Crippen LogP contribution in [0, 0.1) is 12.7 Å². The second-order valence-electron chi connectivity index (χ2n) is 5.89. The average Bonchev–Trinajstić information content (AvgIpc) is 3.16. The zero-order chi connectivity index (χ0) is 19.9. The Morgan fingerprint density at radius 3 is 2.68 bits per heavy atom. The van der Waals surface area contributed by atoms with E-state index >= 15 is 0 Å². The second-order valence-corrected chi connectivity index (χ2v) is 8.09. The van der Waals surface area contributed by atoms with Gasteiger partial charge in [-0.25, -0.2) is 4.39 Å². The Morgan fingerprint density at radius 2 is 1.93 bits per heavy atom. The molecule has 0 aliphatic rings. The Morgan fingerprint density at radius 1 is 1.14 bits per heavy atom. The first kappa shape index (κ1) is 20.0. The lowest BCUT2D eigenvalue weighted by Gasteiger charge is -2.05. The minimum Gasteiger partial charge on any atom is -0.351 e. The van der Waals surface area contributed by atoms with Crippen LogP contribution in [0.25, 0.3) is 0 Å². The molecule has 9 heteroatoms. The van der Waals surface area contributed by atoms with Gasteiger partial charge in [0.25, 0.3) is 5.91 Å². The van der Waals surface area contributed by atoms with Gasteiger partial charge in [-0.05, 0) is 36.8 Å². The van der Waals surface area contributed by atoms with E-state index in [0.717, 1.165) is 22.5 Å². The Bertz CT molecular complexity index is 976. The summed E-state index contributed by atoms with van der Waals surface area (Å²) in [4.78, 5) is 24.2. The van der Waals surface area contributed by atoms with Crippen LogP contribution in [0.3, 0.4) is 0 Å². The fourth-order valence-electron chi connectivity index (χ4n) is 2.28. The molecule has 2 amide bonds. The molecule has 0 aliphatic carbocycles. The molecule has 2 N–H and O–H groups in total. The summed E-state index contributed by atoms with van der Waals surface area (Å²) in [5.41, 5.74) is 2.64. The van der Waals surface area contributed by atoms with Crippen LogP contribution in [0.2, 0.25) is 0 Å². The molecule has 28 heavy (non-hydrogen) atoms. The van der Waals surface area contributed by atoms with Crippen LogP contribution in [0.15, 0.2) is 52.9 Å². The fourth-order valence-corrected chi connectivity index (χ4v) is 3.86. The lowest BCUT2D eigenvalue weighted by Crippen LogP contribution is -2.24. The molecule has 0 aliphatic heterocycles. The third kappa shape index (κ3) is 5.86. The summed E-state index contributed by atoms with van der Waals surface area (Å²) in [5.74, 6) is -0.757. The number of benzene rings is 2. The second kappa shape index (κ2) is 9.43. The molecule has 0 fully saturated rings. The topological polar surface area (TPSA) is 84.0 Å². The summed E-state index contributed by atoms with van der Waals surface area (Å²) in [7, 11) is 0. The molecule has 0 spiro atoms. The van der Waals surface area contributed by atoms with E-state index in [1.165, 1.54) is 36.0 Å². The summed E-state index contributed by atoms with van der Waals surface area (Å²) in [6.45, 7) is 2.46. The predicted octanol–water partition coefficient (Wildman–Crippen LogP) is 3.65. The number of nitrogens with one attached hydrogen (secondary N) is 2. The number of aryl methyl sites for hydroxylation is 1. The fraction of sp³-hybridized carbons (Fsp3) is 0.158. The van der Waals surface area contributed by atoms with Gasteiger partial charge in [0.2, 0.25) is 10.9 Å². The standard InChI is InChI=1S/C19H17FN4O2S2/c1-12-3-2-4-13(9-12)10-21-16(25)11-27-19-24-23-18(28-19)17(26)22-15-7-5-14(20)6-8-15/h2-9H,10-11H2,1H3,(H,21,25)(H,22,26). The van der Waals surface area contributed by atoms with Crippen LogP contribution >= 0.6 is 23.1 Å². The first-order valence-electron chi connectivity index (χ1n) is 8.35. The number of nitrogens with zero attached hydrogens (tertiary/aromatic N) is 2. The summed E-state index contributed by atoms with van der Waals surface area (Å²) in [5, 5.41) is 13.4. The minimum absolute atomic E-state index is 0.126. The van der Waals surface area contributed by atoms with Crippen LogP contribution in [0.5, 0.6) is 0 Å². The number of amides is 2. The lowest BCUT2D eigenvalue weighted by molar-refractivity contribution is -0.118. The van der Waals surface area contributed by atoms with Gasteiger partial charge < -0.3 is 10.6 Å². The van der Waals surface area contributed by atoms with Crippen molar-refractivity contribution in [2.24, 2.45) is 0 Å². The summed E-state index contributed by atoms with van der Waals surface area (Å²) in [6, 6.07) is 13.4. The molecule has 1 heterocycles. The molecular formula is C19H17FN4O2S2. The molecule has 1 aromatic heterocycles. The molecule has 3 aromatic rings. The van der Waals surface area contributed by atoms with Crippen molar-refractivity contribution < 1.29 is 14.0 Å². The highest BCUT2D eigenvalue weighted by atomic mass is 32.2. The quantitative estimate of drug-likeness (QED) is 0.575. The molecule has 144 valence electrons. The summed E-state index contributed by atoms with van der Waals surface area (Å²) >= 11 is 2.31. The minimum atomic E-state index is -0.431. The number of rotatable bonds is 7. The van der Waals surface area contributed by atoms with E-state index in [2.05, 4.69) is 20.8 Å². The number of carbonyl (C=O) groups excluding carboxylic acids is 2. The number of hydrogen-bond donors (Lipinski definition) is 2. The van der Waals surface area contributed by atoms with Crippen molar-refractivity contribution in [2.45, 2.75) is 17.8 Å². The van der Waals surface area contributed by atoms with Crippen LogP contribution in [-0.4, -0.2) is 27.8 Å². The van der Waals surface area contributed by atoms with Gasteiger partial charge >= 0.3 is 0 Å². The molecule has 0 radical (unpaired) electrons. The maximum atomic E-state index is 12.9. The van der Waals surface area contributed by atoms with Crippen molar-refractivity contribution in [3.05, 3.63) is 70.5 Å². The largest absolute Gasteiger partial charge is 0.351 e. The predicted molar refractivity (Wildman–Crippen MR) is 108 cm³/mol. The molecule has 0 saturated heterocycles. The average molecular weight is 417 g/mol. The zero-order valence-corrected chi connectivity index (χ0v) is 16.6. The van der Waals surface area contributed by atoms with E-state index < -0.39 is 5.91 Å². The maximum Gasteiger partial charge on any atom is 0.286 e. The Balaban J connectivity index is 1.46. The van der Waals surface area contributed by atoms with Crippen LogP contribution in [0.4, 0.5) is 10.1 Å². The third-order valence-electron chi connectivity index (χ3n) is 3.60. The monoisotopic (exact) mass is 416 g/mol. The Kier molecular flexibility index (Phi) is 6.72. The highest BCUT2D eigenvalue weighted by Crippen LogP contribution is 2.23. The van der Waals surface area contributed by atoms with Crippen molar-refractivity contribution in [1.82, 2.24) is 15.5 Å². The van der Waals surface area contributed by atoms with E-state index in [1.54, 1.807) is 0 Å². The SMILES string of the molecule is Cc1cccc(CNC(=O)CSc2nnc(C(=O)Nc3ccc(F)cc3)s2)c1. The van der Waals surface area contributed by atoms with E-state index in [0.29, 0.717) is 16.6 Å². The highest BCUT2D eigenvalue weighted by molar-refractivity contribution is 8.01. The number of halogens is 1. The highest BCUT2D eigenvalue weighted by Gasteiger charge is 2.14. The zero-order valence-electron chi connectivity index (χ0n) is 14.9. The van der Waals surface area contributed by atoms with Crippen LogP contribution < -0.4 is 10.6 Å². The van der Waals surface area contributed by atoms with Crippen LogP contribution in [-0.2, 0) is 11.3 Å². The molecule has 0 atom stereocenters. The van der Waals surface area contributed by atoms with Gasteiger partial charge in [-0.15, -0.1) is 10.2 Å². The molecule has 3 rings (SSSR count). The lowest BCUT2D eigenvalue weighted by atomic mass is 10.1. The van der Waals surface area contributed by atoms with Crippen molar-refractivity contribution in [2.75, 3.05) is 11.1 Å². The van der Waals surface area contributed by atoms with Crippen LogP contribution in [0.1, 0.15) is 20.9 Å². The smallest absolute Gasteiger partial charge is 0.286 e. The normalized spacial score (nSPS) is 10.5. The van der Waals surface area contributed by atoms with E-state index in [4.69, 9.17) is 0 Å². The van der Waals surface area contributed by atoms with Gasteiger partial charge in [0, 0.05) is 12.2 Å². The van der Waals surface area contributed by atoms with Gasteiger partial charge in [0.15, 0.2) is 4.34 Å². The molecule has 6 nitrogen and oxygen atoms in total. The first-order valence-corrected chi connectivity index (χ1v) is 10.2. The number of aromatic nitrogens is 2. The van der Waals surface area contributed by atoms with Gasteiger partial charge in [0.1, 0.15) is 5.82 Å². The third-order valence-corrected chi connectivity index (χ3v) is 5.66. The number of thioether (sulfide) groups is 1. The van der Waals surface area contributed by atoms with E-state index in [1.807, 2.05) is 31.2 Å². The van der Waals surface area contributed by atoms with Gasteiger partial charge in [-0.3, -0.25) is 9.59 Å². The number of carbonyl (C=O) groups is 2. The van der Waals surface area contributed by atoms with Gasteiger partial charge in [-0.2, -0.15) is 0 Å². The van der Waals surface area contributed by atoms with E-state index in [9.17, 15) is 14.0 Å². The molecule has 0 unspecified atom stereocenters. The van der Waals surface area contributed by atoms with Crippen molar-refractivity contribution in [3.63, 3.8) is 0 Å². The molecule has 2 aromatic carbocycles. The summed E-state index contributed by atoms with van der Waals surface area (Å²) in [6.07, 6.45) is 0. The van der Waals surface area contributed by atoms with Crippen molar-refractivity contribution in [1.29, 1.82) is 0 Å². The van der Waals surface area contributed by atoms with Gasteiger partial charge in [-0.1, -0.05) is 52.9 Å². The molecule has 0 bridgehead atoms. The number of hydrogen-bond acceptors (Lipinski definition) is 6. The van der Waals surface area contributed by atoms with Crippen molar-refractivity contribution in [3.8, 4) is 0 Å².